The molecule has 0 unspecified atom stereocenters. The van der Waals surface area contributed by atoms with Crippen molar-refractivity contribution in [3.8, 4) is 5.75 Å². The molecule has 0 aliphatic heterocycles. The monoisotopic (exact) mass is 359 g/mol. The number of hydrogen-bond donors (Lipinski definition) is 0. The third-order valence-corrected chi connectivity index (χ3v) is 5.51. The lowest BCUT2D eigenvalue weighted by atomic mass is 10.3. The number of rotatable bonds is 5. The van der Waals surface area contributed by atoms with Crippen molar-refractivity contribution < 1.29 is 13.2 Å². The van der Waals surface area contributed by atoms with Crippen LogP contribution in [0.4, 0.5) is 5.69 Å². The zero-order valence-corrected chi connectivity index (χ0v) is 14.4. The van der Waals surface area contributed by atoms with Gasteiger partial charge in [0, 0.05) is 16.6 Å². The SMILES string of the molecule is CCN(c1ccc(Cl)cc1)S(=O)(=O)c1cc(Cl)ccc1OC. The summed E-state index contributed by atoms with van der Waals surface area (Å²) >= 11 is 11.8. The summed E-state index contributed by atoms with van der Waals surface area (Å²) in [7, 11) is -2.38. The quantitative estimate of drug-likeness (QED) is 0.802. The van der Waals surface area contributed by atoms with Crippen LogP contribution < -0.4 is 9.04 Å². The summed E-state index contributed by atoms with van der Waals surface area (Å²) in [6.07, 6.45) is 0. The lowest BCUT2D eigenvalue weighted by Gasteiger charge is -2.24. The molecule has 0 N–H and O–H groups in total. The summed E-state index contributed by atoms with van der Waals surface area (Å²) in [5.74, 6) is 0.247. The van der Waals surface area contributed by atoms with E-state index in [4.69, 9.17) is 27.9 Å². The summed E-state index contributed by atoms with van der Waals surface area (Å²) in [5, 5.41) is 0.865. The maximum Gasteiger partial charge on any atom is 0.268 e. The molecule has 7 heteroatoms. The van der Waals surface area contributed by atoms with Crippen molar-refractivity contribution in [1.82, 2.24) is 0 Å². The second-order valence-electron chi connectivity index (χ2n) is 4.44. The average Bonchev–Trinajstić information content (AvgIpc) is 2.49. The first-order chi connectivity index (χ1) is 10.4. The highest BCUT2D eigenvalue weighted by molar-refractivity contribution is 7.93. The zero-order valence-electron chi connectivity index (χ0n) is 12.1. The van der Waals surface area contributed by atoms with Crippen LogP contribution in [0.3, 0.4) is 0 Å². The second kappa shape index (κ2) is 6.77. The fourth-order valence-electron chi connectivity index (χ4n) is 2.07. The Kier molecular flexibility index (Phi) is 5.21. The van der Waals surface area contributed by atoms with Crippen molar-refractivity contribution in [3.05, 3.63) is 52.5 Å². The highest BCUT2D eigenvalue weighted by Crippen LogP contribution is 2.32. The van der Waals surface area contributed by atoms with Crippen LogP contribution in [0.5, 0.6) is 5.75 Å². The molecule has 118 valence electrons. The van der Waals surface area contributed by atoms with E-state index in [1.165, 1.54) is 23.5 Å². The molecule has 0 amide bonds. The predicted octanol–water partition coefficient (Wildman–Crippen LogP) is 4.22. The number of ether oxygens (including phenoxy) is 1. The number of anilines is 1. The van der Waals surface area contributed by atoms with E-state index in [1.54, 1.807) is 37.3 Å². The summed E-state index contributed by atoms with van der Waals surface area (Å²) in [5.41, 5.74) is 0.522. The Hall–Kier alpha value is -1.43. The van der Waals surface area contributed by atoms with Gasteiger partial charge in [-0.25, -0.2) is 8.42 Å². The normalized spacial score (nSPS) is 11.3. The first-order valence-electron chi connectivity index (χ1n) is 6.52. The van der Waals surface area contributed by atoms with Gasteiger partial charge in [-0.1, -0.05) is 23.2 Å². The Bertz CT molecular complexity index is 761. The second-order valence-corrected chi connectivity index (χ2v) is 7.14. The van der Waals surface area contributed by atoms with Crippen molar-refractivity contribution in [3.63, 3.8) is 0 Å². The number of nitrogens with zero attached hydrogens (tertiary/aromatic N) is 1. The molecule has 2 rings (SSSR count). The third kappa shape index (κ3) is 3.32. The third-order valence-electron chi connectivity index (χ3n) is 3.10. The average molecular weight is 360 g/mol. The van der Waals surface area contributed by atoms with Gasteiger partial charge in [0.25, 0.3) is 10.0 Å². The molecule has 0 aliphatic rings. The van der Waals surface area contributed by atoms with E-state index < -0.39 is 10.0 Å². The van der Waals surface area contributed by atoms with E-state index in [0.717, 1.165) is 0 Å². The van der Waals surface area contributed by atoms with Crippen LogP contribution >= 0.6 is 23.2 Å². The molecule has 0 saturated carbocycles. The summed E-state index contributed by atoms with van der Waals surface area (Å²) in [6, 6.07) is 11.1. The van der Waals surface area contributed by atoms with Gasteiger partial charge in [-0.15, -0.1) is 0 Å². The molecule has 2 aromatic carbocycles. The standard InChI is InChI=1S/C15H15Cl2NO3S/c1-3-18(13-7-4-11(16)5-8-13)22(19,20)15-10-12(17)6-9-14(15)21-2/h4-10H,3H2,1-2H3. The van der Waals surface area contributed by atoms with Crippen molar-refractivity contribution in [2.75, 3.05) is 18.0 Å². The molecule has 0 spiro atoms. The first kappa shape index (κ1) is 16.9. The Morgan fingerprint density at radius 2 is 1.64 bits per heavy atom. The van der Waals surface area contributed by atoms with Gasteiger partial charge in [0.15, 0.2) is 0 Å². The van der Waals surface area contributed by atoms with E-state index in [2.05, 4.69) is 0 Å². The minimum Gasteiger partial charge on any atom is -0.495 e. The molecule has 22 heavy (non-hydrogen) atoms. The maximum absolute atomic E-state index is 12.9. The van der Waals surface area contributed by atoms with E-state index in [0.29, 0.717) is 15.7 Å². The minimum absolute atomic E-state index is 0.0271. The summed E-state index contributed by atoms with van der Waals surface area (Å²) in [6.45, 7) is 2.02. The fourth-order valence-corrected chi connectivity index (χ4v) is 4.09. The number of sulfonamides is 1. The molecule has 0 heterocycles. The molecule has 0 aliphatic carbocycles. The van der Waals surface area contributed by atoms with Crippen molar-refractivity contribution >= 4 is 38.9 Å². The molecule has 4 nitrogen and oxygen atoms in total. The van der Waals surface area contributed by atoms with Crippen LogP contribution in [-0.2, 0) is 10.0 Å². The minimum atomic E-state index is -3.80. The molecule has 0 atom stereocenters. The van der Waals surface area contributed by atoms with Crippen LogP contribution in [0, 0.1) is 0 Å². The fraction of sp³-hybridized carbons (Fsp3) is 0.200. The number of benzene rings is 2. The van der Waals surface area contributed by atoms with E-state index in [-0.39, 0.29) is 17.2 Å². The highest BCUT2D eigenvalue weighted by Gasteiger charge is 2.27. The van der Waals surface area contributed by atoms with Crippen molar-refractivity contribution in [2.24, 2.45) is 0 Å². The van der Waals surface area contributed by atoms with E-state index >= 15 is 0 Å². The molecule has 0 fully saturated rings. The molecule has 0 radical (unpaired) electrons. The van der Waals surface area contributed by atoms with Crippen LogP contribution in [0.1, 0.15) is 6.92 Å². The largest absolute Gasteiger partial charge is 0.495 e. The van der Waals surface area contributed by atoms with Crippen LogP contribution in [0.15, 0.2) is 47.4 Å². The molecular formula is C15H15Cl2NO3S. The lowest BCUT2D eigenvalue weighted by molar-refractivity contribution is 0.402. The molecule has 2 aromatic rings. The van der Waals surface area contributed by atoms with Gasteiger partial charge in [0.05, 0.1) is 12.8 Å². The smallest absolute Gasteiger partial charge is 0.268 e. The van der Waals surface area contributed by atoms with Crippen LogP contribution in [0.2, 0.25) is 10.0 Å². The van der Waals surface area contributed by atoms with E-state index in [1.807, 2.05) is 0 Å². The van der Waals surface area contributed by atoms with Gasteiger partial charge in [0.1, 0.15) is 10.6 Å². The Morgan fingerprint density at radius 1 is 1.05 bits per heavy atom. The number of hydrogen-bond acceptors (Lipinski definition) is 3. The summed E-state index contributed by atoms with van der Waals surface area (Å²) < 4.78 is 32.3. The molecule has 0 saturated heterocycles. The molecule has 0 aromatic heterocycles. The zero-order chi connectivity index (χ0) is 16.3. The van der Waals surface area contributed by atoms with Gasteiger partial charge in [-0.2, -0.15) is 0 Å². The van der Waals surface area contributed by atoms with Gasteiger partial charge in [-0.05, 0) is 49.4 Å². The first-order valence-corrected chi connectivity index (χ1v) is 8.71. The molecule has 0 bridgehead atoms. The van der Waals surface area contributed by atoms with Gasteiger partial charge in [0.2, 0.25) is 0 Å². The van der Waals surface area contributed by atoms with Crippen LogP contribution in [-0.4, -0.2) is 22.1 Å². The number of halogens is 2. The van der Waals surface area contributed by atoms with Gasteiger partial charge in [-0.3, -0.25) is 4.31 Å². The Labute approximate surface area is 140 Å². The maximum atomic E-state index is 12.9. The van der Waals surface area contributed by atoms with Crippen molar-refractivity contribution in [1.29, 1.82) is 0 Å². The van der Waals surface area contributed by atoms with Crippen molar-refractivity contribution in [2.45, 2.75) is 11.8 Å². The number of methoxy groups -OCH3 is 1. The van der Waals surface area contributed by atoms with Gasteiger partial charge >= 0.3 is 0 Å². The Morgan fingerprint density at radius 3 is 2.18 bits per heavy atom. The molecular weight excluding hydrogens is 345 g/mol. The topological polar surface area (TPSA) is 46.6 Å². The van der Waals surface area contributed by atoms with E-state index in [9.17, 15) is 8.42 Å². The lowest BCUT2D eigenvalue weighted by Crippen LogP contribution is -2.31. The summed E-state index contributed by atoms with van der Waals surface area (Å²) in [4.78, 5) is 0.0271. The Balaban J connectivity index is 2.56. The highest BCUT2D eigenvalue weighted by atomic mass is 35.5. The van der Waals surface area contributed by atoms with Crippen LogP contribution in [0.25, 0.3) is 0 Å². The van der Waals surface area contributed by atoms with Gasteiger partial charge < -0.3 is 4.74 Å². The predicted molar refractivity (Wildman–Crippen MR) is 89.7 cm³/mol.